The number of nitrogens with one attached hydrogen (secondary N) is 2. The molecule has 3 nitrogen and oxygen atoms in total. The van der Waals surface area contributed by atoms with Crippen LogP contribution in [-0.4, -0.2) is 24.2 Å². The van der Waals surface area contributed by atoms with E-state index in [9.17, 15) is 0 Å². The maximum Gasteiger partial charge on any atom is 0.114 e. The van der Waals surface area contributed by atoms with E-state index in [1.165, 1.54) is 18.6 Å². The Kier molecular flexibility index (Phi) is 3.51. The van der Waals surface area contributed by atoms with Gasteiger partial charge >= 0.3 is 0 Å². The SMILES string of the molecule is C1=CCC2C(=C1)OC1CNCCC12.c1cc[nH]c1. The van der Waals surface area contributed by atoms with Gasteiger partial charge in [0, 0.05) is 30.8 Å². The molecule has 1 aromatic heterocycles. The molecule has 0 radical (unpaired) electrons. The van der Waals surface area contributed by atoms with Gasteiger partial charge in [-0.05, 0) is 37.6 Å². The second-order valence-corrected chi connectivity index (χ2v) is 5.04. The predicted molar refractivity (Wildman–Crippen MR) is 72.0 cm³/mol. The monoisotopic (exact) mass is 244 g/mol. The van der Waals surface area contributed by atoms with E-state index in [4.69, 9.17) is 4.74 Å². The maximum atomic E-state index is 5.92. The van der Waals surface area contributed by atoms with Crippen LogP contribution in [0.15, 0.2) is 48.5 Å². The highest BCUT2D eigenvalue weighted by Crippen LogP contribution is 2.42. The molecule has 1 aliphatic carbocycles. The molecule has 0 amide bonds. The summed E-state index contributed by atoms with van der Waals surface area (Å²) in [5, 5.41) is 3.39. The number of ether oxygens (including phenoxy) is 1. The molecule has 2 aliphatic heterocycles. The second kappa shape index (κ2) is 5.44. The Morgan fingerprint density at radius 3 is 2.89 bits per heavy atom. The van der Waals surface area contributed by atoms with Crippen LogP contribution in [0.3, 0.4) is 0 Å². The van der Waals surface area contributed by atoms with E-state index in [1.807, 2.05) is 24.5 Å². The lowest BCUT2D eigenvalue weighted by atomic mass is 9.81. The highest BCUT2D eigenvalue weighted by atomic mass is 16.5. The molecule has 0 spiro atoms. The van der Waals surface area contributed by atoms with Gasteiger partial charge in [-0.25, -0.2) is 0 Å². The van der Waals surface area contributed by atoms with Gasteiger partial charge < -0.3 is 15.0 Å². The third kappa shape index (κ3) is 2.36. The summed E-state index contributed by atoms with van der Waals surface area (Å²) < 4.78 is 5.92. The van der Waals surface area contributed by atoms with E-state index in [0.717, 1.165) is 19.0 Å². The van der Waals surface area contributed by atoms with Crippen molar-refractivity contribution in [2.24, 2.45) is 11.8 Å². The fourth-order valence-corrected chi connectivity index (χ4v) is 3.03. The number of hydrogen-bond acceptors (Lipinski definition) is 2. The Morgan fingerprint density at radius 1 is 1.22 bits per heavy atom. The quantitative estimate of drug-likeness (QED) is 0.735. The van der Waals surface area contributed by atoms with Gasteiger partial charge in [-0.3, -0.25) is 0 Å². The van der Waals surface area contributed by atoms with Crippen LogP contribution in [0.4, 0.5) is 0 Å². The molecule has 2 N–H and O–H groups in total. The van der Waals surface area contributed by atoms with Gasteiger partial charge in [0.2, 0.25) is 0 Å². The van der Waals surface area contributed by atoms with Crippen molar-refractivity contribution in [2.45, 2.75) is 18.9 Å². The largest absolute Gasteiger partial charge is 0.493 e. The van der Waals surface area contributed by atoms with E-state index < -0.39 is 0 Å². The Hall–Kier alpha value is -1.48. The van der Waals surface area contributed by atoms with E-state index in [0.29, 0.717) is 12.0 Å². The Morgan fingerprint density at radius 2 is 2.11 bits per heavy atom. The average Bonchev–Trinajstić information content (AvgIpc) is 3.10. The molecule has 3 atom stereocenters. The lowest BCUT2D eigenvalue weighted by Gasteiger charge is -2.26. The van der Waals surface area contributed by atoms with E-state index in [-0.39, 0.29) is 0 Å². The van der Waals surface area contributed by atoms with Gasteiger partial charge in [0.15, 0.2) is 0 Å². The smallest absolute Gasteiger partial charge is 0.114 e. The van der Waals surface area contributed by atoms with Gasteiger partial charge in [0.25, 0.3) is 0 Å². The van der Waals surface area contributed by atoms with Crippen molar-refractivity contribution >= 4 is 0 Å². The zero-order valence-corrected chi connectivity index (χ0v) is 10.5. The molecule has 0 bridgehead atoms. The number of aromatic nitrogens is 1. The van der Waals surface area contributed by atoms with Gasteiger partial charge in [0.05, 0.1) is 0 Å². The Bertz CT molecular complexity index is 404. The summed E-state index contributed by atoms with van der Waals surface area (Å²) >= 11 is 0. The van der Waals surface area contributed by atoms with Gasteiger partial charge in [-0.2, -0.15) is 0 Å². The molecule has 2 saturated heterocycles. The summed E-state index contributed by atoms with van der Waals surface area (Å²) in [5.74, 6) is 2.70. The highest BCUT2D eigenvalue weighted by Gasteiger charge is 2.42. The van der Waals surface area contributed by atoms with Crippen molar-refractivity contribution < 1.29 is 4.74 Å². The molecule has 0 aromatic carbocycles. The van der Waals surface area contributed by atoms with Crippen LogP contribution in [0, 0.1) is 11.8 Å². The number of allylic oxidation sites excluding steroid dienone is 4. The number of rotatable bonds is 0. The highest BCUT2D eigenvalue weighted by molar-refractivity contribution is 5.21. The van der Waals surface area contributed by atoms with Crippen LogP contribution in [0.2, 0.25) is 0 Å². The minimum Gasteiger partial charge on any atom is -0.493 e. The van der Waals surface area contributed by atoms with E-state index >= 15 is 0 Å². The number of fused-ring (bicyclic) bond motifs is 3. The fourth-order valence-electron chi connectivity index (χ4n) is 3.03. The first-order valence-electron chi connectivity index (χ1n) is 6.77. The van der Waals surface area contributed by atoms with Crippen molar-refractivity contribution in [3.05, 3.63) is 48.5 Å². The molecule has 3 heterocycles. The summed E-state index contributed by atoms with van der Waals surface area (Å²) in [7, 11) is 0. The van der Waals surface area contributed by atoms with Crippen LogP contribution in [0.1, 0.15) is 12.8 Å². The third-order valence-electron chi connectivity index (χ3n) is 3.93. The lowest BCUT2D eigenvalue weighted by molar-refractivity contribution is 0.108. The second-order valence-electron chi connectivity index (χ2n) is 5.04. The minimum atomic E-state index is 0.449. The average molecular weight is 244 g/mol. The number of piperidine rings is 1. The van der Waals surface area contributed by atoms with Gasteiger partial charge in [-0.15, -0.1) is 0 Å². The van der Waals surface area contributed by atoms with Crippen LogP contribution in [0.25, 0.3) is 0 Å². The number of hydrogen-bond donors (Lipinski definition) is 2. The van der Waals surface area contributed by atoms with Crippen LogP contribution >= 0.6 is 0 Å². The van der Waals surface area contributed by atoms with Crippen molar-refractivity contribution in [1.29, 1.82) is 0 Å². The summed E-state index contributed by atoms with van der Waals surface area (Å²) in [6, 6.07) is 3.89. The van der Waals surface area contributed by atoms with Crippen molar-refractivity contribution in [3.63, 3.8) is 0 Å². The Labute approximate surface area is 108 Å². The first kappa shape index (κ1) is 11.6. The van der Waals surface area contributed by atoms with Crippen molar-refractivity contribution in [1.82, 2.24) is 10.3 Å². The van der Waals surface area contributed by atoms with Gasteiger partial charge in [-0.1, -0.05) is 12.2 Å². The van der Waals surface area contributed by atoms with Crippen LogP contribution in [-0.2, 0) is 4.74 Å². The minimum absolute atomic E-state index is 0.449. The number of aromatic amines is 1. The standard InChI is InChI=1S/C11H15NO.C4H5N/c1-2-4-10-8(3-1)9-5-6-12-7-11(9)13-10;1-2-4-5-3-1/h1-2,4,8-9,11-12H,3,5-7H2;1-5H. The lowest BCUT2D eigenvalue weighted by Crippen LogP contribution is -2.39. The summed E-state index contributed by atoms with van der Waals surface area (Å²) in [5.41, 5.74) is 0. The Balaban J connectivity index is 0.000000169. The van der Waals surface area contributed by atoms with Gasteiger partial charge in [0.1, 0.15) is 11.9 Å². The van der Waals surface area contributed by atoms with E-state index in [1.54, 1.807) is 0 Å². The maximum absolute atomic E-state index is 5.92. The molecule has 3 unspecified atom stereocenters. The summed E-state index contributed by atoms with van der Waals surface area (Å²) in [6.45, 7) is 2.20. The van der Waals surface area contributed by atoms with E-state index in [2.05, 4.69) is 28.5 Å². The molecule has 96 valence electrons. The predicted octanol–water partition coefficient (Wildman–Crippen LogP) is 2.47. The van der Waals surface area contributed by atoms with Crippen molar-refractivity contribution in [2.75, 3.05) is 13.1 Å². The fraction of sp³-hybridized carbons (Fsp3) is 0.467. The molecule has 0 saturated carbocycles. The molecule has 4 rings (SSSR count). The summed E-state index contributed by atoms with van der Waals surface area (Å²) in [6.07, 6.45) is 13.2. The molecular weight excluding hydrogens is 224 g/mol. The zero-order chi connectivity index (χ0) is 12.2. The zero-order valence-electron chi connectivity index (χ0n) is 10.5. The molecule has 18 heavy (non-hydrogen) atoms. The van der Waals surface area contributed by atoms with Crippen molar-refractivity contribution in [3.8, 4) is 0 Å². The molecular formula is C15H20N2O. The third-order valence-corrected chi connectivity index (χ3v) is 3.93. The van der Waals surface area contributed by atoms with Crippen LogP contribution in [0.5, 0.6) is 0 Å². The van der Waals surface area contributed by atoms with Crippen LogP contribution < -0.4 is 5.32 Å². The topological polar surface area (TPSA) is 37.0 Å². The number of H-pyrrole nitrogens is 1. The molecule has 3 heteroatoms. The summed E-state index contributed by atoms with van der Waals surface area (Å²) in [4.78, 5) is 2.86. The molecule has 2 fully saturated rings. The first-order valence-corrected chi connectivity index (χ1v) is 6.77. The normalized spacial score (nSPS) is 32.4. The first-order chi connectivity index (χ1) is 8.95. The molecule has 3 aliphatic rings. The molecule has 1 aromatic rings.